The molecule has 0 radical (unpaired) electrons. The number of benzene rings is 8. The maximum Gasteiger partial charge on any atom is 0.164 e. The quantitative estimate of drug-likeness (QED) is 0.175. The molecule has 0 atom stereocenters. The van der Waals surface area contributed by atoms with Gasteiger partial charge in [0.25, 0.3) is 0 Å². The van der Waals surface area contributed by atoms with Crippen LogP contribution in [0.1, 0.15) is 8.22 Å². The maximum atomic E-state index is 9.68. The summed E-state index contributed by atoms with van der Waals surface area (Å²) in [4.78, 5) is 14.8. The van der Waals surface area contributed by atoms with E-state index in [-0.39, 0.29) is 75.4 Å². The van der Waals surface area contributed by atoms with Crippen molar-refractivity contribution >= 4 is 75.4 Å². The Morgan fingerprint density at radius 2 is 1.07 bits per heavy atom. The predicted molar refractivity (Wildman–Crippen MR) is 234 cm³/mol. The number of fused-ring (bicyclic) bond motifs is 9. The van der Waals surface area contributed by atoms with Gasteiger partial charge in [-0.2, -0.15) is 0 Å². The van der Waals surface area contributed by atoms with Gasteiger partial charge < -0.3 is 8.83 Å². The Kier molecular flexibility index (Phi) is 5.82. The van der Waals surface area contributed by atoms with Crippen LogP contribution in [0.25, 0.3) is 120 Å². The molecule has 6 heteroatoms. The molecule has 0 spiro atoms. The standard InChI is InChI=1S/C51H29N3O2S/c1-3-12-30(13-4-1)39-27-34(29-44-48(39)37-17-7-9-19-41(37)55-44)51-53-49(31-14-5-2-6-15-31)52-50(54-51)33-22-24-38-43(28-33)56-42-20-11-18-35(47(38)42)32-23-25-46-40(26-32)36-16-8-10-21-45(36)57-46/h1-29H/i11D,18D,20D,22D,24D,28D. The lowest BCUT2D eigenvalue weighted by molar-refractivity contribution is 0.669. The van der Waals surface area contributed by atoms with E-state index in [1.165, 1.54) is 0 Å². The SMILES string of the molecule is [2H]c1c([2H])c(-c2ccc3sc4ccccc4c3c2)c2c(oc3c([2H])c(-c4nc(-c5ccccc5)nc(-c5cc(-c6ccccc6)c6c(c5)oc5ccccc56)n4)c([2H])c([2H])c32)c1[2H]. The van der Waals surface area contributed by atoms with E-state index < -0.39 is 0 Å². The van der Waals surface area contributed by atoms with Crippen LogP contribution < -0.4 is 0 Å². The molecule has 57 heavy (non-hydrogen) atoms. The van der Waals surface area contributed by atoms with E-state index >= 15 is 0 Å². The predicted octanol–water partition coefficient (Wildman–Crippen LogP) is 14.4. The molecule has 0 fully saturated rings. The molecule has 0 saturated heterocycles. The first-order valence-electron chi connectivity index (χ1n) is 21.4. The first-order chi connectivity index (χ1) is 30.7. The highest BCUT2D eigenvalue weighted by Gasteiger charge is 2.20. The number of thiophene rings is 1. The van der Waals surface area contributed by atoms with Crippen LogP contribution in [0.4, 0.5) is 0 Å². The molecule has 0 N–H and O–H groups in total. The van der Waals surface area contributed by atoms with Crippen molar-refractivity contribution in [1.29, 1.82) is 0 Å². The Balaban J connectivity index is 1.12. The molecule has 12 aromatic rings. The average molecular weight is 754 g/mol. The van der Waals surface area contributed by atoms with E-state index in [0.29, 0.717) is 33.7 Å². The topological polar surface area (TPSA) is 65.0 Å². The van der Waals surface area contributed by atoms with Crippen molar-refractivity contribution in [2.24, 2.45) is 0 Å². The molecule has 0 amide bonds. The lowest BCUT2D eigenvalue weighted by Gasteiger charge is -2.11. The fourth-order valence-electron chi connectivity index (χ4n) is 7.82. The summed E-state index contributed by atoms with van der Waals surface area (Å²) >= 11 is 1.66. The van der Waals surface area contributed by atoms with Crippen molar-refractivity contribution in [3.63, 3.8) is 0 Å². The van der Waals surface area contributed by atoms with Crippen molar-refractivity contribution in [3.8, 4) is 56.4 Å². The molecule has 8 aromatic carbocycles. The lowest BCUT2D eigenvalue weighted by Crippen LogP contribution is -2.00. The number of aromatic nitrogens is 3. The van der Waals surface area contributed by atoms with E-state index in [0.717, 1.165) is 47.7 Å². The van der Waals surface area contributed by atoms with E-state index in [1.54, 1.807) is 11.3 Å². The summed E-state index contributed by atoms with van der Waals surface area (Å²) in [6.45, 7) is 0. The molecule has 5 nitrogen and oxygen atoms in total. The molecule has 4 heterocycles. The highest BCUT2D eigenvalue weighted by molar-refractivity contribution is 7.25. The Hall–Kier alpha value is -7.41. The number of rotatable bonds is 5. The van der Waals surface area contributed by atoms with E-state index in [1.807, 2.05) is 133 Å². The fraction of sp³-hybridized carbons (Fsp3) is 0. The van der Waals surface area contributed by atoms with E-state index in [4.69, 9.17) is 26.5 Å². The largest absolute Gasteiger partial charge is 0.456 e. The number of hydrogen-bond acceptors (Lipinski definition) is 6. The molecule has 0 aliphatic heterocycles. The molecule has 4 aromatic heterocycles. The number of furan rings is 2. The number of para-hydroxylation sites is 1. The molecular weight excluding hydrogens is 719 g/mol. The van der Waals surface area contributed by atoms with Crippen molar-refractivity contribution in [1.82, 2.24) is 15.0 Å². The molecule has 12 rings (SSSR count). The Morgan fingerprint density at radius 3 is 1.91 bits per heavy atom. The second kappa shape index (κ2) is 12.6. The van der Waals surface area contributed by atoms with Gasteiger partial charge in [0.2, 0.25) is 0 Å². The summed E-state index contributed by atoms with van der Waals surface area (Å²) in [5.74, 6) is 0.540. The van der Waals surface area contributed by atoms with Crippen molar-refractivity contribution < 1.29 is 17.1 Å². The molecule has 0 bridgehead atoms. The second-order valence-electron chi connectivity index (χ2n) is 13.9. The Bertz CT molecular complexity index is 3880. The second-order valence-corrected chi connectivity index (χ2v) is 14.9. The van der Waals surface area contributed by atoms with Gasteiger partial charge in [0.05, 0.1) is 8.22 Å². The van der Waals surface area contributed by atoms with Crippen molar-refractivity contribution in [2.75, 3.05) is 0 Å². The lowest BCUT2D eigenvalue weighted by atomic mass is 9.96. The normalized spacial score (nSPS) is 13.3. The van der Waals surface area contributed by atoms with Crippen LogP contribution in [0.5, 0.6) is 0 Å². The zero-order chi connectivity index (χ0) is 42.7. The van der Waals surface area contributed by atoms with Gasteiger partial charge in [-0.15, -0.1) is 11.3 Å². The highest BCUT2D eigenvalue weighted by atomic mass is 32.1. The summed E-state index contributed by atoms with van der Waals surface area (Å²) in [5, 5.41) is 4.28. The van der Waals surface area contributed by atoms with Crippen LogP contribution in [0.15, 0.2) is 185 Å². The van der Waals surface area contributed by atoms with Crippen LogP contribution in [0, 0.1) is 0 Å². The van der Waals surface area contributed by atoms with Crippen LogP contribution in [0.3, 0.4) is 0 Å². The molecule has 0 aliphatic carbocycles. The van der Waals surface area contributed by atoms with Crippen LogP contribution in [0.2, 0.25) is 0 Å². The minimum atomic E-state index is -0.345. The van der Waals surface area contributed by atoms with Crippen LogP contribution in [-0.2, 0) is 0 Å². The third kappa shape index (κ3) is 5.19. The van der Waals surface area contributed by atoms with E-state index in [9.17, 15) is 5.48 Å². The molecule has 266 valence electrons. The van der Waals surface area contributed by atoms with Crippen LogP contribution >= 0.6 is 11.3 Å². The summed E-state index contributed by atoms with van der Waals surface area (Å²) in [6.07, 6.45) is 0. The monoisotopic (exact) mass is 753 g/mol. The zero-order valence-electron chi connectivity index (χ0n) is 35.8. The maximum absolute atomic E-state index is 9.68. The first kappa shape index (κ1) is 26.4. The van der Waals surface area contributed by atoms with Gasteiger partial charge in [-0.3, -0.25) is 0 Å². The average Bonchev–Trinajstić information content (AvgIpc) is 4.02. The van der Waals surface area contributed by atoms with E-state index in [2.05, 4.69) is 6.07 Å². The minimum Gasteiger partial charge on any atom is -0.456 e. The first-order valence-corrected chi connectivity index (χ1v) is 19.3. The van der Waals surface area contributed by atoms with Gasteiger partial charge in [0, 0.05) is 58.4 Å². The van der Waals surface area contributed by atoms with Gasteiger partial charge >= 0.3 is 0 Å². The fourth-order valence-corrected chi connectivity index (χ4v) is 8.91. The Morgan fingerprint density at radius 1 is 0.404 bits per heavy atom. The number of nitrogens with zero attached hydrogens (tertiary/aromatic N) is 3. The van der Waals surface area contributed by atoms with Gasteiger partial charge in [-0.05, 0) is 76.8 Å². The van der Waals surface area contributed by atoms with Crippen molar-refractivity contribution in [3.05, 3.63) is 176 Å². The third-order valence-electron chi connectivity index (χ3n) is 10.5. The molecule has 0 unspecified atom stereocenters. The smallest absolute Gasteiger partial charge is 0.164 e. The highest BCUT2D eigenvalue weighted by Crippen LogP contribution is 2.43. The summed E-state index contributed by atoms with van der Waals surface area (Å²) < 4.78 is 70.7. The van der Waals surface area contributed by atoms with Gasteiger partial charge in [0.1, 0.15) is 22.3 Å². The molecule has 0 saturated carbocycles. The van der Waals surface area contributed by atoms with Gasteiger partial charge in [-0.25, -0.2) is 15.0 Å². The van der Waals surface area contributed by atoms with Crippen LogP contribution in [-0.4, -0.2) is 15.0 Å². The summed E-state index contributed by atoms with van der Waals surface area (Å²) in [7, 11) is 0. The Labute approximate surface area is 338 Å². The minimum absolute atomic E-state index is 0.0147. The third-order valence-corrected chi connectivity index (χ3v) is 11.6. The van der Waals surface area contributed by atoms with Gasteiger partial charge in [0.15, 0.2) is 17.5 Å². The van der Waals surface area contributed by atoms with Crippen molar-refractivity contribution in [2.45, 2.75) is 0 Å². The van der Waals surface area contributed by atoms with Gasteiger partial charge in [-0.1, -0.05) is 121 Å². The molecule has 0 aliphatic rings. The summed E-state index contributed by atoms with van der Waals surface area (Å²) in [5.41, 5.74) is 5.26. The summed E-state index contributed by atoms with van der Waals surface area (Å²) in [6, 6.07) is 43.3. The number of hydrogen-bond donors (Lipinski definition) is 0. The zero-order valence-corrected chi connectivity index (χ0v) is 30.7. The molecular formula is C51H29N3O2S.